The number of fused-ring (bicyclic) bond motifs is 1. The van der Waals surface area contributed by atoms with Gasteiger partial charge in [0.25, 0.3) is 0 Å². The van der Waals surface area contributed by atoms with E-state index in [0.29, 0.717) is 12.8 Å². The molecule has 0 N–H and O–H groups in total. The van der Waals surface area contributed by atoms with Crippen molar-refractivity contribution in [3.63, 3.8) is 0 Å². The summed E-state index contributed by atoms with van der Waals surface area (Å²) in [7, 11) is 0. The van der Waals surface area contributed by atoms with E-state index in [9.17, 15) is 9.59 Å². The minimum atomic E-state index is -0.138. The van der Waals surface area contributed by atoms with Gasteiger partial charge >= 0.3 is 5.97 Å². The molecule has 58 valence electrons. The molecule has 1 aliphatic carbocycles. The van der Waals surface area contributed by atoms with E-state index in [-0.39, 0.29) is 18.0 Å². The summed E-state index contributed by atoms with van der Waals surface area (Å²) >= 11 is 0. The van der Waals surface area contributed by atoms with Crippen LogP contribution in [0, 0.1) is 5.92 Å². The van der Waals surface area contributed by atoms with E-state index in [0.717, 1.165) is 11.9 Å². The van der Waals surface area contributed by atoms with E-state index in [2.05, 4.69) is 0 Å². The van der Waals surface area contributed by atoms with Crippen molar-refractivity contribution in [1.82, 2.24) is 0 Å². The number of hydrogen-bond acceptors (Lipinski definition) is 3. The van der Waals surface area contributed by atoms with Gasteiger partial charge in [-0.15, -0.1) is 0 Å². The van der Waals surface area contributed by atoms with Gasteiger partial charge in [0.2, 0.25) is 0 Å². The highest BCUT2D eigenvalue weighted by molar-refractivity contribution is 5.78. The second-order valence-corrected chi connectivity index (χ2v) is 2.96. The molecule has 0 aromatic heterocycles. The highest BCUT2D eigenvalue weighted by Gasteiger charge is 2.37. The van der Waals surface area contributed by atoms with Crippen LogP contribution >= 0.6 is 0 Å². The van der Waals surface area contributed by atoms with Gasteiger partial charge in [-0.25, -0.2) is 0 Å². The molecule has 11 heavy (non-hydrogen) atoms. The second-order valence-electron chi connectivity index (χ2n) is 2.96. The molecule has 1 fully saturated rings. The molecule has 0 saturated carbocycles. The Bertz CT molecular complexity index is 242. The zero-order valence-electron chi connectivity index (χ0n) is 5.95. The Morgan fingerprint density at radius 2 is 2.36 bits per heavy atom. The Morgan fingerprint density at radius 1 is 1.55 bits per heavy atom. The third kappa shape index (κ3) is 0.964. The maximum absolute atomic E-state index is 10.7. The largest absolute Gasteiger partial charge is 0.461 e. The highest BCUT2D eigenvalue weighted by atomic mass is 16.5. The lowest BCUT2D eigenvalue weighted by molar-refractivity contribution is -0.141. The van der Waals surface area contributed by atoms with Crippen LogP contribution in [0.15, 0.2) is 11.6 Å². The lowest BCUT2D eigenvalue weighted by Crippen LogP contribution is -2.08. The van der Waals surface area contributed by atoms with Gasteiger partial charge in [-0.05, 0) is 5.57 Å². The summed E-state index contributed by atoms with van der Waals surface area (Å²) in [5.41, 5.74) is 0.771. The molecule has 0 spiro atoms. The van der Waals surface area contributed by atoms with Crippen molar-refractivity contribution < 1.29 is 14.3 Å². The van der Waals surface area contributed by atoms with Crippen molar-refractivity contribution in [3.8, 4) is 0 Å². The van der Waals surface area contributed by atoms with E-state index < -0.39 is 0 Å². The molecule has 0 amide bonds. The number of esters is 1. The third-order valence-corrected chi connectivity index (χ3v) is 2.18. The summed E-state index contributed by atoms with van der Waals surface area (Å²) < 4.78 is 4.97. The lowest BCUT2D eigenvalue weighted by atomic mass is 10.1. The first-order valence-corrected chi connectivity index (χ1v) is 3.65. The first-order valence-electron chi connectivity index (χ1n) is 3.65. The Labute approximate surface area is 64.0 Å². The van der Waals surface area contributed by atoms with Gasteiger partial charge in [0.15, 0.2) is 0 Å². The minimum Gasteiger partial charge on any atom is -0.461 e. The number of hydrogen-bond donors (Lipinski definition) is 0. The summed E-state index contributed by atoms with van der Waals surface area (Å²) in [6.45, 7) is 0. The predicted octanol–water partition coefficient (Wildman–Crippen LogP) is 0.447. The Hall–Kier alpha value is -1.12. The fourth-order valence-electron chi connectivity index (χ4n) is 1.65. The molecule has 2 atom stereocenters. The first-order chi connectivity index (χ1) is 5.29. The molecular formula is C8H8O3. The summed E-state index contributed by atoms with van der Waals surface area (Å²) in [6, 6.07) is 0. The van der Waals surface area contributed by atoms with Crippen LogP contribution in [0.4, 0.5) is 0 Å². The maximum Gasteiger partial charge on any atom is 0.306 e. The zero-order valence-corrected chi connectivity index (χ0v) is 5.95. The van der Waals surface area contributed by atoms with E-state index >= 15 is 0 Å². The molecule has 0 aromatic carbocycles. The lowest BCUT2D eigenvalue weighted by Gasteiger charge is -2.04. The molecule has 1 aliphatic heterocycles. The average molecular weight is 152 g/mol. The van der Waals surface area contributed by atoms with E-state index in [1.807, 2.05) is 6.08 Å². The standard InChI is InChI=1S/C8H8O3/c9-4-5-1-6-3-8(10)11-7(6)2-5/h1,4,6-7H,2-3H2/t6-,7-/m0/s1. The first kappa shape index (κ1) is 6.58. The molecule has 3 nitrogen and oxygen atoms in total. The van der Waals surface area contributed by atoms with Gasteiger partial charge in [-0.3, -0.25) is 9.59 Å². The van der Waals surface area contributed by atoms with Crippen molar-refractivity contribution in [2.75, 3.05) is 0 Å². The number of ether oxygens (including phenoxy) is 1. The Morgan fingerprint density at radius 3 is 3.00 bits per heavy atom. The van der Waals surface area contributed by atoms with Gasteiger partial charge in [-0.2, -0.15) is 0 Å². The summed E-state index contributed by atoms with van der Waals surface area (Å²) in [6.07, 6.45) is 3.71. The molecule has 1 saturated heterocycles. The molecule has 0 unspecified atom stereocenters. The van der Waals surface area contributed by atoms with Crippen LogP contribution in [0.3, 0.4) is 0 Å². The molecule has 0 bridgehead atoms. The van der Waals surface area contributed by atoms with Gasteiger partial charge in [0, 0.05) is 12.3 Å². The molecule has 1 heterocycles. The fourth-order valence-corrected chi connectivity index (χ4v) is 1.65. The molecule has 0 radical (unpaired) electrons. The van der Waals surface area contributed by atoms with Crippen LogP contribution in [0.5, 0.6) is 0 Å². The highest BCUT2D eigenvalue weighted by Crippen LogP contribution is 2.34. The van der Waals surface area contributed by atoms with Crippen molar-refractivity contribution >= 4 is 12.3 Å². The van der Waals surface area contributed by atoms with E-state index in [4.69, 9.17) is 4.74 Å². The zero-order chi connectivity index (χ0) is 7.84. The van der Waals surface area contributed by atoms with Crippen LogP contribution < -0.4 is 0 Å². The summed E-state index contributed by atoms with van der Waals surface area (Å²) in [5, 5.41) is 0. The van der Waals surface area contributed by atoms with E-state index in [1.54, 1.807) is 0 Å². The summed E-state index contributed by atoms with van der Waals surface area (Å²) in [5.74, 6) is 0.0314. The number of rotatable bonds is 1. The number of aldehydes is 1. The second kappa shape index (κ2) is 2.19. The van der Waals surface area contributed by atoms with Gasteiger partial charge in [0.05, 0.1) is 6.42 Å². The molecule has 2 rings (SSSR count). The predicted molar refractivity (Wildman–Crippen MR) is 36.8 cm³/mol. The normalized spacial score (nSPS) is 34.5. The average Bonchev–Trinajstić information content (AvgIpc) is 2.43. The molecule has 0 aromatic rings. The maximum atomic E-state index is 10.7. The Balaban J connectivity index is 2.15. The molecule has 3 heteroatoms. The smallest absolute Gasteiger partial charge is 0.306 e. The van der Waals surface area contributed by atoms with Crippen LogP contribution in [-0.4, -0.2) is 18.4 Å². The number of carbonyl (C=O) groups excluding carboxylic acids is 2. The fraction of sp³-hybridized carbons (Fsp3) is 0.500. The van der Waals surface area contributed by atoms with Crippen LogP contribution in [0.2, 0.25) is 0 Å². The van der Waals surface area contributed by atoms with Gasteiger partial charge in [0.1, 0.15) is 12.4 Å². The topological polar surface area (TPSA) is 43.4 Å². The Kier molecular flexibility index (Phi) is 1.31. The summed E-state index contributed by atoms with van der Waals surface area (Å²) in [4.78, 5) is 21.0. The van der Waals surface area contributed by atoms with Gasteiger partial charge in [-0.1, -0.05) is 6.08 Å². The number of carbonyl (C=O) groups is 2. The van der Waals surface area contributed by atoms with Crippen LogP contribution in [-0.2, 0) is 14.3 Å². The van der Waals surface area contributed by atoms with E-state index in [1.165, 1.54) is 0 Å². The van der Waals surface area contributed by atoms with Crippen molar-refractivity contribution in [2.24, 2.45) is 5.92 Å². The SMILES string of the molecule is O=CC1=C[C@H]2CC(=O)O[C@H]2C1. The minimum absolute atomic E-state index is 0.0392. The van der Waals surface area contributed by atoms with Crippen LogP contribution in [0.25, 0.3) is 0 Å². The van der Waals surface area contributed by atoms with Gasteiger partial charge < -0.3 is 4.74 Å². The van der Waals surface area contributed by atoms with Crippen LogP contribution in [0.1, 0.15) is 12.8 Å². The van der Waals surface area contributed by atoms with Crippen molar-refractivity contribution in [3.05, 3.63) is 11.6 Å². The molecule has 2 aliphatic rings. The quantitative estimate of drug-likeness (QED) is 0.404. The van der Waals surface area contributed by atoms with Crippen molar-refractivity contribution in [1.29, 1.82) is 0 Å². The monoisotopic (exact) mass is 152 g/mol. The van der Waals surface area contributed by atoms with Crippen molar-refractivity contribution in [2.45, 2.75) is 18.9 Å². The third-order valence-electron chi connectivity index (χ3n) is 2.18. The molecular weight excluding hydrogens is 144 g/mol.